The van der Waals surface area contributed by atoms with Crippen LogP contribution in [-0.2, 0) is 0 Å². The second-order valence-corrected chi connectivity index (χ2v) is 0.577. The zero-order chi connectivity index (χ0) is 5.41. The van der Waals surface area contributed by atoms with Gasteiger partial charge in [0, 0.05) is 0 Å². The summed E-state index contributed by atoms with van der Waals surface area (Å²) in [6.07, 6.45) is 0. The van der Waals surface area contributed by atoms with E-state index in [9.17, 15) is 0 Å². The van der Waals surface area contributed by atoms with E-state index >= 15 is 0 Å². The lowest BCUT2D eigenvalue weighted by Gasteiger charge is -1.79. The van der Waals surface area contributed by atoms with Crippen LogP contribution in [0.2, 0.25) is 0 Å². The van der Waals surface area contributed by atoms with E-state index in [-0.39, 0.29) is 36.4 Å². The minimum atomic E-state index is 0. The minimum absolute atomic E-state index is 0. The van der Waals surface area contributed by atoms with Crippen molar-refractivity contribution in [3.8, 4) is 0 Å². The van der Waals surface area contributed by atoms with E-state index in [0.29, 0.717) is 0 Å². The predicted octanol–water partition coefficient (Wildman–Crippen LogP) is -3.13. The summed E-state index contributed by atoms with van der Waals surface area (Å²) in [5, 5.41) is 17.9. The topological polar surface area (TPSA) is 156 Å². The molecule has 0 bridgehead atoms. The third-order valence-electron chi connectivity index (χ3n) is 0. The summed E-state index contributed by atoms with van der Waals surface area (Å²) in [5.41, 5.74) is 0. The lowest BCUT2D eigenvalue weighted by atomic mass is 10.9. The summed E-state index contributed by atoms with van der Waals surface area (Å²) in [4.78, 5) is 0. The lowest BCUT2D eigenvalue weighted by molar-refractivity contribution is -0.362. The number of quaternary nitrogens is 3. The van der Waals surface area contributed by atoms with E-state index in [2.05, 4.69) is 0 Å². The SMILES string of the molecule is CC[O-].CC[O-].[F-].[NH4+].[NH4+].[NH4+]. The van der Waals surface area contributed by atoms with Crippen LogP contribution in [0.4, 0.5) is 0 Å². The summed E-state index contributed by atoms with van der Waals surface area (Å²) >= 11 is 0. The Morgan fingerprint density at radius 1 is 0.800 bits per heavy atom. The molecule has 0 radical (unpaired) electrons. The van der Waals surface area contributed by atoms with Gasteiger partial charge in [-0.1, -0.05) is 13.8 Å². The second-order valence-electron chi connectivity index (χ2n) is 0.577. The molecule has 0 aliphatic heterocycles. The zero-order valence-electron chi connectivity index (χ0n) is 7.61. The summed E-state index contributed by atoms with van der Waals surface area (Å²) in [5.74, 6) is 0. The maximum atomic E-state index is 8.93. The van der Waals surface area contributed by atoms with Crippen LogP contribution in [0, 0.1) is 0 Å². The smallest absolute Gasteiger partial charge is 0.0809 e. The molecule has 0 rings (SSSR count). The number of hydrogen-bond acceptors (Lipinski definition) is 2. The molecule has 0 aromatic carbocycles. The Morgan fingerprint density at radius 3 is 0.800 bits per heavy atom. The predicted molar refractivity (Wildman–Crippen MR) is 39.0 cm³/mol. The number of halogens is 1. The molecular weight excluding hydrogens is 141 g/mol. The highest BCUT2D eigenvalue weighted by Gasteiger charge is 1.16. The molecule has 0 aromatic heterocycles. The molecule has 0 aromatic rings. The van der Waals surface area contributed by atoms with E-state index in [1.807, 2.05) is 0 Å². The Kier molecular flexibility index (Phi) is 929. The van der Waals surface area contributed by atoms with Gasteiger partial charge in [-0.2, -0.15) is 0 Å². The van der Waals surface area contributed by atoms with E-state index < -0.39 is 0 Å². The molecule has 0 aliphatic carbocycles. The number of hydrogen-bond donors (Lipinski definition) is 3. The highest BCUT2D eigenvalue weighted by Crippen LogP contribution is 1.18. The third kappa shape index (κ3) is 4800. The highest BCUT2D eigenvalue weighted by atomic mass is 19.0. The van der Waals surface area contributed by atoms with Crippen molar-refractivity contribution >= 4 is 0 Å². The fraction of sp³-hybridized carbons (Fsp3) is 1.00. The molecule has 0 unspecified atom stereocenters. The van der Waals surface area contributed by atoms with Gasteiger partial charge in [-0.3, -0.25) is 0 Å². The summed E-state index contributed by atoms with van der Waals surface area (Å²) < 4.78 is 0. The standard InChI is InChI=1S/2C2H5O.FH.3H3N/c2*1-2-3;;;;/h2*2H2,1H3;1H;3*1H3/q2*-1;;;;/p+2. The lowest BCUT2D eigenvalue weighted by Crippen LogP contribution is -3.00. The van der Waals surface area contributed by atoms with Crippen molar-refractivity contribution in [3.63, 3.8) is 0 Å². The Balaban J connectivity index is -0.00000000571. The minimum Gasteiger partial charge on any atom is -1.00 e. The first-order chi connectivity index (χ1) is 2.83. The summed E-state index contributed by atoms with van der Waals surface area (Å²) in [6, 6.07) is 0. The van der Waals surface area contributed by atoms with Crippen molar-refractivity contribution < 1.29 is 14.9 Å². The molecule has 0 spiro atoms. The van der Waals surface area contributed by atoms with E-state index in [1.54, 1.807) is 13.8 Å². The molecule has 0 saturated heterocycles. The van der Waals surface area contributed by atoms with Crippen LogP contribution in [-0.4, -0.2) is 13.2 Å². The Hall–Kier alpha value is -0.270. The monoisotopic (exact) mass is 163 g/mol. The van der Waals surface area contributed by atoms with Gasteiger partial charge in [0.05, 0.1) is 0 Å². The van der Waals surface area contributed by atoms with Gasteiger partial charge in [-0.25, -0.2) is 0 Å². The van der Waals surface area contributed by atoms with E-state index in [4.69, 9.17) is 10.2 Å². The van der Waals surface area contributed by atoms with Gasteiger partial charge in [0.2, 0.25) is 0 Å². The molecule has 0 fully saturated rings. The fourth-order valence-corrected chi connectivity index (χ4v) is 0. The van der Waals surface area contributed by atoms with Gasteiger partial charge in [0.25, 0.3) is 0 Å². The van der Waals surface area contributed by atoms with Crippen molar-refractivity contribution in [1.29, 1.82) is 0 Å². The quantitative estimate of drug-likeness (QED) is 0.345. The van der Waals surface area contributed by atoms with Gasteiger partial charge in [0.15, 0.2) is 0 Å². The van der Waals surface area contributed by atoms with Gasteiger partial charge < -0.3 is 33.4 Å². The van der Waals surface area contributed by atoms with Crippen LogP contribution in [0.25, 0.3) is 0 Å². The molecule has 0 saturated carbocycles. The Morgan fingerprint density at radius 2 is 0.800 bits per heavy atom. The molecule has 12 N–H and O–H groups in total. The number of rotatable bonds is 0. The average Bonchev–Trinajstić information content (AvgIpc) is 1.39. The van der Waals surface area contributed by atoms with Crippen molar-refractivity contribution in [2.24, 2.45) is 0 Å². The average molecular weight is 163 g/mol. The van der Waals surface area contributed by atoms with Gasteiger partial charge in [0.1, 0.15) is 0 Å². The summed E-state index contributed by atoms with van der Waals surface area (Å²) in [6.45, 7) is 3.14. The van der Waals surface area contributed by atoms with Crippen LogP contribution in [0.1, 0.15) is 13.8 Å². The van der Waals surface area contributed by atoms with Crippen LogP contribution in [0.15, 0.2) is 0 Å². The molecule has 0 heterocycles. The first-order valence-corrected chi connectivity index (χ1v) is 1.99. The zero-order valence-corrected chi connectivity index (χ0v) is 7.61. The van der Waals surface area contributed by atoms with Crippen LogP contribution in [0.5, 0.6) is 0 Å². The molecule has 0 amide bonds. The van der Waals surface area contributed by atoms with Gasteiger partial charge >= 0.3 is 0 Å². The molecule has 10 heavy (non-hydrogen) atoms. The van der Waals surface area contributed by atoms with Crippen molar-refractivity contribution in [3.05, 3.63) is 0 Å². The highest BCUT2D eigenvalue weighted by molar-refractivity contribution is 3.80. The van der Waals surface area contributed by atoms with Gasteiger partial charge in [-0.15, -0.1) is 13.2 Å². The molecule has 6 heteroatoms. The summed E-state index contributed by atoms with van der Waals surface area (Å²) in [7, 11) is 0. The molecule has 5 nitrogen and oxygen atoms in total. The largest absolute Gasteiger partial charge is 1.00 e. The Bertz CT molecular complexity index is 20.5. The first kappa shape index (κ1) is 53.3. The molecule has 0 atom stereocenters. The normalized spacial score (nSPS) is 3.60. The fourth-order valence-electron chi connectivity index (χ4n) is 0. The van der Waals surface area contributed by atoms with Crippen molar-refractivity contribution in [2.75, 3.05) is 13.2 Å². The van der Waals surface area contributed by atoms with Crippen LogP contribution in [0.3, 0.4) is 0 Å². The van der Waals surface area contributed by atoms with Crippen LogP contribution < -0.4 is 33.4 Å². The third-order valence-corrected chi connectivity index (χ3v) is 0. The van der Waals surface area contributed by atoms with Gasteiger partial charge in [-0.05, 0) is 0 Å². The Labute approximate surface area is 61.6 Å². The first-order valence-electron chi connectivity index (χ1n) is 1.99. The molecule has 0 aliphatic rings. The van der Waals surface area contributed by atoms with E-state index in [0.717, 1.165) is 0 Å². The maximum Gasteiger partial charge on any atom is -0.0809 e. The van der Waals surface area contributed by atoms with Crippen molar-refractivity contribution in [2.45, 2.75) is 13.8 Å². The van der Waals surface area contributed by atoms with E-state index in [1.165, 1.54) is 0 Å². The molecular formula is C4H22FN3O2. The molecule has 72 valence electrons. The van der Waals surface area contributed by atoms with Crippen LogP contribution >= 0.6 is 0 Å². The van der Waals surface area contributed by atoms with Crippen molar-refractivity contribution in [1.82, 2.24) is 18.5 Å². The second kappa shape index (κ2) is 174. The maximum absolute atomic E-state index is 8.93.